The Morgan fingerprint density at radius 2 is 1.81 bits per heavy atom. The molecule has 0 saturated carbocycles. The van der Waals surface area contributed by atoms with Crippen LogP contribution < -0.4 is 10.1 Å². The molecule has 0 bridgehead atoms. The zero-order valence-corrected chi connectivity index (χ0v) is 18.3. The van der Waals surface area contributed by atoms with E-state index in [1.807, 2.05) is 19.9 Å². The van der Waals surface area contributed by atoms with Crippen LogP contribution in [0.3, 0.4) is 0 Å². The van der Waals surface area contributed by atoms with Gasteiger partial charge in [-0.3, -0.25) is 4.79 Å². The van der Waals surface area contributed by atoms with Crippen LogP contribution in [0, 0.1) is 26.6 Å². The number of amides is 1. The van der Waals surface area contributed by atoms with Gasteiger partial charge in [-0.05, 0) is 63.2 Å². The van der Waals surface area contributed by atoms with E-state index in [-0.39, 0.29) is 10.6 Å². The number of anilines is 1. The van der Waals surface area contributed by atoms with E-state index in [0.29, 0.717) is 29.0 Å². The third kappa shape index (κ3) is 4.60. The number of aromatic nitrogens is 4. The number of ether oxygens (including phenoxy) is 1. The molecule has 9 heteroatoms. The second-order valence-electron chi connectivity index (χ2n) is 7.13. The van der Waals surface area contributed by atoms with Gasteiger partial charge in [0, 0.05) is 17.4 Å². The fourth-order valence-corrected chi connectivity index (χ4v) is 3.43. The summed E-state index contributed by atoms with van der Waals surface area (Å²) in [6, 6.07) is 14.3. The van der Waals surface area contributed by atoms with E-state index >= 15 is 0 Å². The molecule has 0 atom stereocenters. The Morgan fingerprint density at radius 1 is 1.06 bits per heavy atom. The summed E-state index contributed by atoms with van der Waals surface area (Å²) in [6.07, 6.45) is 0. The lowest BCUT2D eigenvalue weighted by atomic mass is 10.2. The molecule has 32 heavy (non-hydrogen) atoms. The first kappa shape index (κ1) is 21.5. The SMILES string of the molecule is Cc1cc(C)n(-c2cc(Oc3ccc(NC(=O)c4c(F)cccc4Cl)cc3)nc(C)n2)n1. The summed E-state index contributed by atoms with van der Waals surface area (Å²) in [6.45, 7) is 5.63. The molecule has 0 unspecified atom stereocenters. The number of hydrogen-bond donors (Lipinski definition) is 1. The molecule has 0 aliphatic heterocycles. The molecule has 0 saturated heterocycles. The number of benzene rings is 2. The average molecular weight is 452 g/mol. The Bertz CT molecular complexity index is 1280. The third-order valence-electron chi connectivity index (χ3n) is 4.55. The normalized spacial score (nSPS) is 10.8. The standard InChI is InChI=1S/C23H19ClFN5O2/c1-13-11-14(2)30(29-13)20-12-21(27-15(3)26-20)32-17-9-7-16(8-10-17)28-23(31)22-18(24)5-4-6-19(22)25/h4-12H,1-3H3,(H,28,31). The quantitative estimate of drug-likeness (QED) is 0.438. The van der Waals surface area contributed by atoms with Crippen molar-refractivity contribution in [2.45, 2.75) is 20.8 Å². The molecule has 162 valence electrons. The lowest BCUT2D eigenvalue weighted by molar-refractivity contribution is 0.102. The van der Waals surface area contributed by atoms with Crippen LogP contribution in [0.15, 0.2) is 54.6 Å². The molecule has 2 aromatic heterocycles. The van der Waals surface area contributed by atoms with Gasteiger partial charge in [0.05, 0.1) is 16.3 Å². The molecule has 0 aliphatic carbocycles. The maximum absolute atomic E-state index is 13.9. The van der Waals surface area contributed by atoms with Crippen molar-refractivity contribution >= 4 is 23.2 Å². The van der Waals surface area contributed by atoms with Gasteiger partial charge in [0.1, 0.15) is 17.4 Å². The van der Waals surface area contributed by atoms with Gasteiger partial charge >= 0.3 is 0 Å². The van der Waals surface area contributed by atoms with Gasteiger partial charge in [0.25, 0.3) is 5.91 Å². The minimum absolute atomic E-state index is 0.0417. The highest BCUT2D eigenvalue weighted by molar-refractivity contribution is 6.34. The van der Waals surface area contributed by atoms with E-state index in [4.69, 9.17) is 16.3 Å². The second kappa shape index (κ2) is 8.76. The predicted octanol–water partition coefficient (Wildman–Crippen LogP) is 5.42. The molecular formula is C23H19ClFN5O2. The summed E-state index contributed by atoms with van der Waals surface area (Å²) < 4.78 is 21.5. The number of nitrogens with one attached hydrogen (secondary N) is 1. The average Bonchev–Trinajstić information content (AvgIpc) is 3.07. The van der Waals surface area contributed by atoms with Gasteiger partial charge in [0.15, 0.2) is 5.82 Å². The molecule has 0 fully saturated rings. The molecule has 2 aromatic carbocycles. The summed E-state index contributed by atoms with van der Waals surface area (Å²) in [5.74, 6) is 0.675. The summed E-state index contributed by atoms with van der Waals surface area (Å²) in [5, 5.41) is 7.11. The zero-order chi connectivity index (χ0) is 22.8. The van der Waals surface area contributed by atoms with Crippen molar-refractivity contribution in [1.82, 2.24) is 19.7 Å². The summed E-state index contributed by atoms with van der Waals surface area (Å²) in [5.41, 5.74) is 2.09. The zero-order valence-electron chi connectivity index (χ0n) is 17.6. The van der Waals surface area contributed by atoms with E-state index < -0.39 is 11.7 Å². The van der Waals surface area contributed by atoms with E-state index in [1.54, 1.807) is 41.9 Å². The van der Waals surface area contributed by atoms with Crippen LogP contribution >= 0.6 is 11.6 Å². The minimum atomic E-state index is -0.687. The topological polar surface area (TPSA) is 81.9 Å². The highest BCUT2D eigenvalue weighted by Crippen LogP contribution is 2.25. The van der Waals surface area contributed by atoms with Crippen LogP contribution in [0.5, 0.6) is 11.6 Å². The first-order valence-electron chi connectivity index (χ1n) is 9.73. The molecule has 0 radical (unpaired) electrons. The molecular weight excluding hydrogens is 433 g/mol. The Hall–Kier alpha value is -3.78. The van der Waals surface area contributed by atoms with E-state index in [1.165, 1.54) is 18.2 Å². The van der Waals surface area contributed by atoms with Crippen LogP contribution in [-0.4, -0.2) is 25.7 Å². The first-order valence-corrected chi connectivity index (χ1v) is 10.1. The second-order valence-corrected chi connectivity index (χ2v) is 7.53. The van der Waals surface area contributed by atoms with Crippen molar-refractivity contribution in [3.63, 3.8) is 0 Å². The van der Waals surface area contributed by atoms with Crippen LogP contribution in [0.4, 0.5) is 10.1 Å². The minimum Gasteiger partial charge on any atom is -0.439 e. The number of nitrogens with zero attached hydrogens (tertiary/aromatic N) is 4. The Labute approximate surface area is 188 Å². The largest absolute Gasteiger partial charge is 0.439 e. The number of carbonyl (C=O) groups is 1. The highest BCUT2D eigenvalue weighted by Gasteiger charge is 2.16. The van der Waals surface area contributed by atoms with Crippen LogP contribution in [0.25, 0.3) is 5.82 Å². The maximum atomic E-state index is 13.9. The van der Waals surface area contributed by atoms with Crippen molar-refractivity contribution in [3.05, 3.63) is 88.2 Å². The highest BCUT2D eigenvalue weighted by atomic mass is 35.5. The van der Waals surface area contributed by atoms with Gasteiger partial charge < -0.3 is 10.1 Å². The Balaban J connectivity index is 1.51. The van der Waals surface area contributed by atoms with Crippen LogP contribution in [0.2, 0.25) is 5.02 Å². The molecule has 1 amide bonds. The van der Waals surface area contributed by atoms with Crippen LogP contribution in [-0.2, 0) is 0 Å². The molecule has 2 heterocycles. The number of halogens is 2. The molecule has 1 N–H and O–H groups in total. The summed E-state index contributed by atoms with van der Waals surface area (Å²) >= 11 is 5.95. The first-order chi connectivity index (χ1) is 15.3. The van der Waals surface area contributed by atoms with Gasteiger partial charge in [0.2, 0.25) is 5.88 Å². The molecule has 7 nitrogen and oxygen atoms in total. The van der Waals surface area contributed by atoms with E-state index in [9.17, 15) is 9.18 Å². The van der Waals surface area contributed by atoms with Crippen molar-refractivity contribution < 1.29 is 13.9 Å². The summed E-state index contributed by atoms with van der Waals surface area (Å²) in [7, 11) is 0. The lowest BCUT2D eigenvalue weighted by Gasteiger charge is -2.10. The smallest absolute Gasteiger partial charge is 0.260 e. The maximum Gasteiger partial charge on any atom is 0.260 e. The van der Waals surface area contributed by atoms with Gasteiger partial charge in [-0.2, -0.15) is 10.1 Å². The molecule has 0 spiro atoms. The van der Waals surface area contributed by atoms with E-state index in [0.717, 1.165) is 11.4 Å². The molecule has 4 aromatic rings. The van der Waals surface area contributed by atoms with Crippen LogP contribution in [0.1, 0.15) is 27.6 Å². The predicted molar refractivity (Wildman–Crippen MR) is 119 cm³/mol. The Morgan fingerprint density at radius 3 is 2.47 bits per heavy atom. The third-order valence-corrected chi connectivity index (χ3v) is 4.87. The fourth-order valence-electron chi connectivity index (χ4n) is 3.18. The van der Waals surface area contributed by atoms with Crippen molar-refractivity contribution in [2.24, 2.45) is 0 Å². The molecule has 4 rings (SSSR count). The number of carbonyl (C=O) groups excluding carboxylic acids is 1. The number of rotatable bonds is 5. The monoisotopic (exact) mass is 451 g/mol. The molecule has 0 aliphatic rings. The van der Waals surface area contributed by atoms with Crippen molar-refractivity contribution in [2.75, 3.05) is 5.32 Å². The Kier molecular flexibility index (Phi) is 5.87. The number of aryl methyl sites for hydroxylation is 3. The fraction of sp³-hybridized carbons (Fsp3) is 0.130. The summed E-state index contributed by atoms with van der Waals surface area (Å²) in [4.78, 5) is 21.1. The van der Waals surface area contributed by atoms with E-state index in [2.05, 4.69) is 20.4 Å². The lowest BCUT2D eigenvalue weighted by Crippen LogP contribution is -2.14. The van der Waals surface area contributed by atoms with Crippen molar-refractivity contribution in [1.29, 1.82) is 0 Å². The van der Waals surface area contributed by atoms with Gasteiger partial charge in [-0.25, -0.2) is 14.1 Å². The van der Waals surface area contributed by atoms with Crippen molar-refractivity contribution in [3.8, 4) is 17.4 Å². The van der Waals surface area contributed by atoms with Gasteiger partial charge in [-0.1, -0.05) is 17.7 Å². The van der Waals surface area contributed by atoms with Gasteiger partial charge in [-0.15, -0.1) is 0 Å². The number of hydrogen-bond acceptors (Lipinski definition) is 5.